The van der Waals surface area contributed by atoms with Crippen molar-refractivity contribution in [2.75, 3.05) is 7.11 Å². The lowest BCUT2D eigenvalue weighted by molar-refractivity contribution is -0.0142. The van der Waals surface area contributed by atoms with E-state index in [1.54, 1.807) is 7.11 Å². The van der Waals surface area contributed by atoms with Crippen LogP contribution in [0.25, 0.3) is 0 Å². The lowest BCUT2D eigenvalue weighted by Gasteiger charge is -2.54. The molecule has 0 heterocycles. The lowest BCUT2D eigenvalue weighted by atomic mass is 9.54. The maximum Gasteiger partial charge on any atom is 0.175 e. The number of rotatable bonds is 7. The molecule has 6 rings (SSSR count). The minimum atomic E-state index is 0.470. The Kier molecular flexibility index (Phi) is 6.01. The molecule has 2 aromatic carbocycles. The molecule has 0 aliphatic heterocycles. The third-order valence-electron chi connectivity index (χ3n) is 7.35. The Balaban J connectivity index is 1.25. The summed E-state index contributed by atoms with van der Waals surface area (Å²) in [4.78, 5) is 0. The predicted molar refractivity (Wildman–Crippen MR) is 124 cm³/mol. The number of benzene rings is 2. The zero-order valence-corrected chi connectivity index (χ0v) is 19.7. The minimum absolute atomic E-state index is 0.470. The van der Waals surface area contributed by atoms with Crippen molar-refractivity contribution in [3.63, 3.8) is 0 Å². The monoisotopic (exact) mass is 489 g/mol. The summed E-state index contributed by atoms with van der Waals surface area (Å²) in [6.07, 6.45) is 7.26. The zero-order valence-electron chi connectivity index (χ0n) is 17.4. The second kappa shape index (κ2) is 8.72. The normalized spacial score (nSPS) is 29.2. The van der Waals surface area contributed by atoms with Gasteiger partial charge >= 0.3 is 0 Å². The highest BCUT2D eigenvalue weighted by Gasteiger charge is 2.47. The van der Waals surface area contributed by atoms with Crippen LogP contribution in [-0.4, -0.2) is 13.2 Å². The molecule has 0 amide bonds. The second-order valence-electron chi connectivity index (χ2n) is 9.36. The molecule has 4 aliphatic rings. The fourth-order valence-electron chi connectivity index (χ4n) is 6.25. The van der Waals surface area contributed by atoms with E-state index in [4.69, 9.17) is 21.1 Å². The van der Waals surface area contributed by atoms with Gasteiger partial charge in [-0.3, -0.25) is 0 Å². The smallest absolute Gasteiger partial charge is 0.175 e. The van der Waals surface area contributed by atoms with Gasteiger partial charge in [0.15, 0.2) is 11.5 Å². The molecule has 4 aliphatic carbocycles. The van der Waals surface area contributed by atoms with Crippen LogP contribution >= 0.6 is 27.5 Å². The Morgan fingerprint density at radius 2 is 1.63 bits per heavy atom. The Morgan fingerprint density at radius 3 is 2.27 bits per heavy atom. The average molecular weight is 491 g/mol. The highest BCUT2D eigenvalue weighted by Crippen LogP contribution is 2.53. The Hall–Kier alpha value is -1.23. The van der Waals surface area contributed by atoms with Gasteiger partial charge in [-0.15, -0.1) is 0 Å². The highest BCUT2D eigenvalue weighted by atomic mass is 79.9. The van der Waals surface area contributed by atoms with Gasteiger partial charge in [0.2, 0.25) is 0 Å². The first kappa shape index (κ1) is 20.7. The SMILES string of the molecule is COc1cc(CNC2C3CC4CC(C3)CC2C4)cc(Br)c1OCc1ccc(Cl)cc1. The van der Waals surface area contributed by atoms with Crippen LogP contribution in [0, 0.1) is 23.7 Å². The molecule has 4 fully saturated rings. The second-order valence-corrected chi connectivity index (χ2v) is 10.7. The summed E-state index contributed by atoms with van der Waals surface area (Å²) < 4.78 is 12.7. The van der Waals surface area contributed by atoms with Crippen molar-refractivity contribution < 1.29 is 9.47 Å². The average Bonchev–Trinajstić information content (AvgIpc) is 2.73. The molecular formula is C25H29BrClNO2. The van der Waals surface area contributed by atoms with E-state index in [0.717, 1.165) is 56.8 Å². The molecule has 0 radical (unpaired) electrons. The molecule has 3 nitrogen and oxygen atoms in total. The van der Waals surface area contributed by atoms with Crippen LogP contribution in [0.2, 0.25) is 5.02 Å². The van der Waals surface area contributed by atoms with E-state index >= 15 is 0 Å². The van der Waals surface area contributed by atoms with Crippen molar-refractivity contribution in [1.29, 1.82) is 0 Å². The molecule has 0 atom stereocenters. The number of ether oxygens (including phenoxy) is 2. The molecule has 0 unspecified atom stereocenters. The van der Waals surface area contributed by atoms with E-state index < -0.39 is 0 Å². The van der Waals surface area contributed by atoms with Crippen molar-refractivity contribution in [1.82, 2.24) is 5.32 Å². The summed E-state index contributed by atoms with van der Waals surface area (Å²) in [7, 11) is 1.70. The maximum absolute atomic E-state index is 6.08. The number of nitrogens with one attached hydrogen (secondary N) is 1. The minimum Gasteiger partial charge on any atom is -0.493 e. The molecule has 0 aromatic heterocycles. The molecule has 160 valence electrons. The van der Waals surface area contributed by atoms with Gasteiger partial charge < -0.3 is 14.8 Å². The molecule has 4 saturated carbocycles. The molecule has 30 heavy (non-hydrogen) atoms. The van der Waals surface area contributed by atoms with E-state index in [1.807, 2.05) is 24.3 Å². The maximum atomic E-state index is 6.08. The van der Waals surface area contributed by atoms with Crippen LogP contribution in [0.5, 0.6) is 11.5 Å². The van der Waals surface area contributed by atoms with Gasteiger partial charge in [-0.05, 0) is 107 Å². The van der Waals surface area contributed by atoms with Crippen LogP contribution in [0.1, 0.15) is 43.2 Å². The fourth-order valence-corrected chi connectivity index (χ4v) is 6.98. The molecular weight excluding hydrogens is 462 g/mol. The van der Waals surface area contributed by atoms with Crippen LogP contribution in [0.3, 0.4) is 0 Å². The largest absolute Gasteiger partial charge is 0.493 e. The standard InChI is InChI=1S/C25H29BrClNO2/c1-29-23-12-18(11-22(26)25(23)30-14-15-2-4-21(27)5-3-15)13-28-24-19-7-16-6-17(9-19)10-20(24)8-16/h2-5,11-12,16-17,19-20,24,28H,6-10,13-14H2,1H3. The molecule has 0 saturated heterocycles. The van der Waals surface area contributed by atoms with Crippen LogP contribution < -0.4 is 14.8 Å². The van der Waals surface area contributed by atoms with E-state index in [9.17, 15) is 0 Å². The summed E-state index contributed by atoms with van der Waals surface area (Å²) in [6.45, 7) is 1.34. The van der Waals surface area contributed by atoms with Crippen molar-refractivity contribution in [2.24, 2.45) is 23.7 Å². The Labute approximate surface area is 192 Å². The molecule has 1 N–H and O–H groups in total. The van der Waals surface area contributed by atoms with E-state index in [1.165, 1.54) is 37.7 Å². The number of hydrogen-bond donors (Lipinski definition) is 1. The first-order valence-electron chi connectivity index (χ1n) is 11.1. The lowest BCUT2D eigenvalue weighted by Crippen LogP contribution is -2.54. The summed E-state index contributed by atoms with van der Waals surface area (Å²) in [5, 5.41) is 4.64. The van der Waals surface area contributed by atoms with E-state index in [0.29, 0.717) is 12.6 Å². The van der Waals surface area contributed by atoms with Gasteiger partial charge in [0.05, 0.1) is 11.6 Å². The predicted octanol–water partition coefficient (Wildman–Crippen LogP) is 6.60. The number of halogens is 2. The van der Waals surface area contributed by atoms with Crippen molar-refractivity contribution in [2.45, 2.75) is 51.3 Å². The van der Waals surface area contributed by atoms with Gasteiger partial charge in [0, 0.05) is 17.6 Å². The summed E-state index contributed by atoms with van der Waals surface area (Å²) in [5.74, 6) is 5.29. The van der Waals surface area contributed by atoms with Gasteiger partial charge in [0.25, 0.3) is 0 Å². The Morgan fingerprint density at radius 1 is 0.967 bits per heavy atom. The van der Waals surface area contributed by atoms with Crippen LogP contribution in [0.4, 0.5) is 0 Å². The van der Waals surface area contributed by atoms with Gasteiger partial charge in [-0.2, -0.15) is 0 Å². The molecule has 2 aromatic rings. The Bertz CT molecular complexity index is 873. The van der Waals surface area contributed by atoms with Crippen molar-refractivity contribution in [3.05, 3.63) is 57.0 Å². The summed E-state index contributed by atoms with van der Waals surface area (Å²) >= 11 is 9.67. The first-order chi connectivity index (χ1) is 14.6. The number of hydrogen-bond acceptors (Lipinski definition) is 3. The number of methoxy groups -OCH3 is 1. The topological polar surface area (TPSA) is 30.5 Å². The summed E-state index contributed by atoms with van der Waals surface area (Å²) in [5.41, 5.74) is 2.30. The van der Waals surface area contributed by atoms with Gasteiger partial charge in [-0.25, -0.2) is 0 Å². The quantitative estimate of drug-likeness (QED) is 0.474. The fraction of sp³-hybridized carbons (Fsp3) is 0.520. The molecule has 5 heteroatoms. The third kappa shape index (κ3) is 4.24. The van der Waals surface area contributed by atoms with E-state index in [2.05, 4.69) is 33.4 Å². The highest BCUT2D eigenvalue weighted by molar-refractivity contribution is 9.10. The van der Waals surface area contributed by atoms with E-state index in [-0.39, 0.29) is 0 Å². The molecule has 0 spiro atoms. The van der Waals surface area contributed by atoms with Gasteiger partial charge in [-0.1, -0.05) is 23.7 Å². The third-order valence-corrected chi connectivity index (χ3v) is 8.20. The first-order valence-corrected chi connectivity index (χ1v) is 12.2. The van der Waals surface area contributed by atoms with Crippen LogP contribution in [-0.2, 0) is 13.2 Å². The van der Waals surface area contributed by atoms with Crippen molar-refractivity contribution in [3.8, 4) is 11.5 Å². The zero-order chi connectivity index (χ0) is 20.7. The summed E-state index contributed by atoms with van der Waals surface area (Å²) in [6, 6.07) is 12.7. The molecule has 4 bridgehead atoms. The van der Waals surface area contributed by atoms with Crippen LogP contribution in [0.15, 0.2) is 40.9 Å². The van der Waals surface area contributed by atoms with Gasteiger partial charge in [0.1, 0.15) is 6.61 Å². The van der Waals surface area contributed by atoms with Crippen molar-refractivity contribution >= 4 is 27.5 Å².